The lowest BCUT2D eigenvalue weighted by Gasteiger charge is -2.11. The summed E-state index contributed by atoms with van der Waals surface area (Å²) in [5.74, 6) is -0.427. The summed E-state index contributed by atoms with van der Waals surface area (Å²) < 4.78 is 14.0. The number of hydrogen-bond acceptors (Lipinski definition) is 2. The number of hydrogen-bond donors (Lipinski definition) is 1. The molecule has 0 saturated carbocycles. The summed E-state index contributed by atoms with van der Waals surface area (Å²) in [7, 11) is 0. The van der Waals surface area contributed by atoms with E-state index in [0.29, 0.717) is 20.2 Å². The molecule has 0 bridgehead atoms. The molecule has 2 rings (SSSR count). The Bertz CT molecular complexity index is 513. The van der Waals surface area contributed by atoms with Crippen molar-refractivity contribution in [3.8, 4) is 0 Å². The fourth-order valence-corrected chi connectivity index (χ4v) is 2.14. The molecule has 1 aromatic carbocycles. The van der Waals surface area contributed by atoms with Gasteiger partial charge in [-0.15, -0.1) is 0 Å². The Labute approximate surface area is 100 Å². The van der Waals surface area contributed by atoms with Crippen molar-refractivity contribution in [2.45, 2.75) is 13.0 Å². The van der Waals surface area contributed by atoms with Crippen LogP contribution < -0.4 is 0 Å². The number of aromatic nitrogens is 1. The van der Waals surface area contributed by atoms with Crippen molar-refractivity contribution in [2.75, 3.05) is 0 Å². The molecule has 0 spiro atoms. The number of para-hydroxylation sites is 1. The zero-order chi connectivity index (χ0) is 11.0. The summed E-state index contributed by atoms with van der Waals surface area (Å²) >= 11 is 1.83. The second-order valence-electron chi connectivity index (χ2n) is 3.32. The monoisotopic (exact) mass is 317 g/mol. The smallest absolute Gasteiger partial charge is 0.161 e. The first-order valence-electron chi connectivity index (χ1n) is 4.53. The van der Waals surface area contributed by atoms with Crippen molar-refractivity contribution >= 4 is 33.5 Å². The second kappa shape index (κ2) is 4.02. The van der Waals surface area contributed by atoms with Crippen molar-refractivity contribution in [1.29, 1.82) is 0 Å². The molecule has 0 aliphatic heterocycles. The van der Waals surface area contributed by atoms with Crippen LogP contribution in [0.25, 0.3) is 10.9 Å². The standard InChI is InChI=1S/C11H9FINO/c1-6(15)9-7-4-2-3-5-8(7)14-11(13)10(9)12/h2-6,15H,1H3. The maximum Gasteiger partial charge on any atom is 0.161 e. The highest BCUT2D eigenvalue weighted by Gasteiger charge is 2.16. The van der Waals surface area contributed by atoms with Crippen molar-refractivity contribution in [3.05, 3.63) is 39.3 Å². The molecule has 15 heavy (non-hydrogen) atoms. The third kappa shape index (κ3) is 1.83. The number of halogens is 2. The summed E-state index contributed by atoms with van der Waals surface area (Å²) in [5.41, 5.74) is 1.03. The SMILES string of the molecule is CC(O)c1c(F)c(I)nc2ccccc12. The van der Waals surface area contributed by atoms with E-state index < -0.39 is 11.9 Å². The molecule has 1 aromatic heterocycles. The molecule has 0 amide bonds. The quantitative estimate of drug-likeness (QED) is 0.648. The maximum absolute atomic E-state index is 13.8. The molecule has 0 aliphatic rings. The molecule has 78 valence electrons. The van der Waals surface area contributed by atoms with Crippen LogP contribution in [0.2, 0.25) is 0 Å². The van der Waals surface area contributed by atoms with Gasteiger partial charge in [0, 0.05) is 10.9 Å². The van der Waals surface area contributed by atoms with Crippen LogP contribution in [0, 0.1) is 9.52 Å². The highest BCUT2D eigenvalue weighted by Crippen LogP contribution is 2.28. The van der Waals surface area contributed by atoms with Gasteiger partial charge in [-0.2, -0.15) is 0 Å². The Morgan fingerprint density at radius 1 is 1.40 bits per heavy atom. The lowest BCUT2D eigenvalue weighted by molar-refractivity contribution is 0.195. The van der Waals surface area contributed by atoms with Crippen LogP contribution in [-0.4, -0.2) is 10.1 Å². The van der Waals surface area contributed by atoms with Gasteiger partial charge in [0.1, 0.15) is 3.70 Å². The van der Waals surface area contributed by atoms with Gasteiger partial charge in [0.2, 0.25) is 0 Å². The molecule has 0 radical (unpaired) electrons. The molecule has 4 heteroatoms. The number of pyridine rings is 1. The van der Waals surface area contributed by atoms with Gasteiger partial charge in [-0.25, -0.2) is 9.37 Å². The van der Waals surface area contributed by atoms with Crippen LogP contribution in [-0.2, 0) is 0 Å². The number of aliphatic hydroxyl groups excluding tert-OH is 1. The fourth-order valence-electron chi connectivity index (χ4n) is 1.59. The van der Waals surface area contributed by atoms with Crippen LogP contribution in [0.4, 0.5) is 4.39 Å². The first-order valence-corrected chi connectivity index (χ1v) is 5.61. The molecule has 1 unspecified atom stereocenters. The van der Waals surface area contributed by atoms with Gasteiger partial charge in [-0.3, -0.25) is 0 Å². The molecule has 1 N–H and O–H groups in total. The van der Waals surface area contributed by atoms with Gasteiger partial charge in [0.15, 0.2) is 5.82 Å². The molecular weight excluding hydrogens is 308 g/mol. The van der Waals surface area contributed by atoms with Gasteiger partial charge in [-0.05, 0) is 35.6 Å². The minimum atomic E-state index is -0.827. The van der Waals surface area contributed by atoms with E-state index in [-0.39, 0.29) is 0 Å². The van der Waals surface area contributed by atoms with E-state index in [1.54, 1.807) is 13.0 Å². The number of aliphatic hydroxyl groups is 1. The van der Waals surface area contributed by atoms with Crippen molar-refractivity contribution in [3.63, 3.8) is 0 Å². The summed E-state index contributed by atoms with van der Waals surface area (Å²) in [6, 6.07) is 7.23. The van der Waals surface area contributed by atoms with E-state index in [2.05, 4.69) is 4.98 Å². The second-order valence-corrected chi connectivity index (χ2v) is 4.35. The summed E-state index contributed by atoms with van der Waals surface area (Å²) in [5, 5.41) is 10.2. The Morgan fingerprint density at radius 3 is 2.73 bits per heavy atom. The van der Waals surface area contributed by atoms with Gasteiger partial charge in [-0.1, -0.05) is 18.2 Å². The van der Waals surface area contributed by atoms with Crippen LogP contribution >= 0.6 is 22.6 Å². The van der Waals surface area contributed by atoms with Crippen molar-refractivity contribution < 1.29 is 9.50 Å². The third-order valence-electron chi connectivity index (χ3n) is 2.25. The number of benzene rings is 1. The van der Waals surface area contributed by atoms with Crippen molar-refractivity contribution in [2.24, 2.45) is 0 Å². The Hall–Kier alpha value is -0.750. The minimum absolute atomic E-state index is 0.294. The van der Waals surface area contributed by atoms with Gasteiger partial charge in [0.25, 0.3) is 0 Å². The van der Waals surface area contributed by atoms with Gasteiger partial charge < -0.3 is 5.11 Å². The van der Waals surface area contributed by atoms with Crippen molar-refractivity contribution in [1.82, 2.24) is 4.98 Å². The Balaban J connectivity index is 2.89. The largest absolute Gasteiger partial charge is 0.389 e. The molecular formula is C11H9FINO. The highest BCUT2D eigenvalue weighted by molar-refractivity contribution is 14.1. The maximum atomic E-state index is 13.8. The predicted octanol–water partition coefficient (Wildman–Crippen LogP) is 3.03. The van der Waals surface area contributed by atoms with E-state index in [1.165, 1.54) is 0 Å². The topological polar surface area (TPSA) is 33.1 Å². The molecule has 2 aromatic rings. The Morgan fingerprint density at radius 2 is 2.07 bits per heavy atom. The summed E-state index contributed by atoms with van der Waals surface area (Å²) in [6.45, 7) is 1.56. The lowest BCUT2D eigenvalue weighted by Crippen LogP contribution is -2.02. The fraction of sp³-hybridized carbons (Fsp3) is 0.182. The summed E-state index contributed by atoms with van der Waals surface area (Å²) in [4.78, 5) is 4.12. The zero-order valence-electron chi connectivity index (χ0n) is 8.04. The molecule has 1 heterocycles. The molecule has 1 atom stereocenters. The van der Waals surface area contributed by atoms with Crippen LogP contribution in [0.15, 0.2) is 24.3 Å². The normalized spacial score (nSPS) is 13.1. The average molecular weight is 317 g/mol. The highest BCUT2D eigenvalue weighted by atomic mass is 127. The predicted molar refractivity (Wildman–Crippen MR) is 65.1 cm³/mol. The lowest BCUT2D eigenvalue weighted by atomic mass is 10.0. The zero-order valence-corrected chi connectivity index (χ0v) is 10.2. The Kier molecular flexibility index (Phi) is 2.88. The number of fused-ring (bicyclic) bond motifs is 1. The first-order chi connectivity index (χ1) is 7.11. The van der Waals surface area contributed by atoms with E-state index in [9.17, 15) is 9.50 Å². The van der Waals surface area contributed by atoms with Crippen LogP contribution in [0.5, 0.6) is 0 Å². The van der Waals surface area contributed by atoms with Crippen LogP contribution in [0.3, 0.4) is 0 Å². The van der Waals surface area contributed by atoms with E-state index in [0.717, 1.165) is 0 Å². The first kappa shape index (κ1) is 10.8. The van der Waals surface area contributed by atoms with E-state index in [1.807, 2.05) is 40.8 Å². The van der Waals surface area contributed by atoms with Crippen LogP contribution in [0.1, 0.15) is 18.6 Å². The van der Waals surface area contributed by atoms with E-state index in [4.69, 9.17) is 0 Å². The molecule has 0 saturated heterocycles. The average Bonchev–Trinajstić information content (AvgIpc) is 2.19. The van der Waals surface area contributed by atoms with E-state index >= 15 is 0 Å². The summed E-state index contributed by atoms with van der Waals surface area (Å²) in [6.07, 6.45) is -0.827. The van der Waals surface area contributed by atoms with Gasteiger partial charge in [0.05, 0.1) is 11.6 Å². The number of nitrogens with zero attached hydrogens (tertiary/aromatic N) is 1. The van der Waals surface area contributed by atoms with Gasteiger partial charge >= 0.3 is 0 Å². The molecule has 0 aliphatic carbocycles. The molecule has 0 fully saturated rings. The number of rotatable bonds is 1. The molecule has 2 nitrogen and oxygen atoms in total. The third-order valence-corrected chi connectivity index (χ3v) is 2.96. The minimum Gasteiger partial charge on any atom is -0.389 e.